The van der Waals surface area contributed by atoms with Crippen molar-refractivity contribution in [3.05, 3.63) is 35.0 Å². The molecule has 0 fully saturated rings. The van der Waals surface area contributed by atoms with Crippen molar-refractivity contribution in [2.75, 3.05) is 7.11 Å². The van der Waals surface area contributed by atoms with Gasteiger partial charge in [0, 0.05) is 17.0 Å². The van der Waals surface area contributed by atoms with Gasteiger partial charge in [-0.15, -0.1) is 0 Å². The highest BCUT2D eigenvalue weighted by Crippen LogP contribution is 2.30. The third-order valence-corrected chi connectivity index (χ3v) is 3.28. The Balaban J connectivity index is 2.48. The number of benzene rings is 1. The van der Waals surface area contributed by atoms with Gasteiger partial charge in [0.05, 0.1) is 12.8 Å². The average molecular weight is 296 g/mol. The Morgan fingerprint density at radius 1 is 1.24 bits per heavy atom. The molecule has 0 spiro atoms. The first-order valence-corrected chi connectivity index (χ1v) is 6.45. The zero-order chi connectivity index (χ0) is 12.4. The molecule has 2 aromatic rings. The minimum atomic E-state index is 0.699. The molecule has 0 atom stereocenters. The number of halogens is 1. The molecule has 0 radical (unpaired) electrons. The molecule has 0 bridgehead atoms. The third-order valence-electron chi connectivity index (χ3n) is 2.70. The summed E-state index contributed by atoms with van der Waals surface area (Å²) in [7, 11) is 1.68. The Labute approximate surface area is 109 Å². The highest BCUT2D eigenvalue weighted by atomic mass is 79.9. The summed E-state index contributed by atoms with van der Waals surface area (Å²) in [4.78, 5) is 0. The van der Waals surface area contributed by atoms with Gasteiger partial charge in [0.2, 0.25) is 0 Å². The number of hydrogen-bond acceptors (Lipinski definition) is 3. The zero-order valence-corrected chi connectivity index (χ0v) is 11.7. The highest BCUT2D eigenvalue weighted by Gasteiger charge is 2.11. The molecule has 0 aliphatic carbocycles. The van der Waals surface area contributed by atoms with Gasteiger partial charge in [-0.1, -0.05) is 21.1 Å². The van der Waals surface area contributed by atoms with Crippen LogP contribution in [0.3, 0.4) is 0 Å². The fourth-order valence-electron chi connectivity index (χ4n) is 1.78. The van der Waals surface area contributed by atoms with Gasteiger partial charge in [0.1, 0.15) is 5.75 Å². The predicted molar refractivity (Wildman–Crippen MR) is 70.6 cm³/mol. The Morgan fingerprint density at radius 2 is 2.00 bits per heavy atom. The summed E-state index contributed by atoms with van der Waals surface area (Å²) >= 11 is 3.36. The number of aryl methyl sites for hydroxylation is 2. The van der Waals surface area contributed by atoms with Crippen molar-refractivity contribution in [2.45, 2.75) is 19.2 Å². The Hall–Kier alpha value is -1.29. The van der Waals surface area contributed by atoms with Crippen molar-refractivity contribution in [2.24, 2.45) is 0 Å². The van der Waals surface area contributed by atoms with Crippen LogP contribution in [0.5, 0.6) is 5.75 Å². The molecule has 1 aromatic carbocycles. The molecular weight excluding hydrogens is 282 g/mol. The lowest BCUT2D eigenvalue weighted by atomic mass is 10.0. The molecule has 0 saturated heterocycles. The van der Waals surface area contributed by atoms with E-state index in [2.05, 4.69) is 27.2 Å². The van der Waals surface area contributed by atoms with Crippen molar-refractivity contribution >= 4 is 15.9 Å². The van der Waals surface area contributed by atoms with Crippen molar-refractivity contribution in [1.29, 1.82) is 0 Å². The molecule has 90 valence electrons. The molecule has 4 heteroatoms. The van der Waals surface area contributed by atoms with E-state index in [0.29, 0.717) is 5.33 Å². The third kappa shape index (κ3) is 2.36. The van der Waals surface area contributed by atoms with Crippen LogP contribution in [-0.4, -0.2) is 12.3 Å². The molecule has 0 saturated carbocycles. The monoisotopic (exact) mass is 295 g/mol. The van der Waals surface area contributed by atoms with E-state index in [1.54, 1.807) is 7.11 Å². The lowest BCUT2D eigenvalue weighted by molar-refractivity contribution is 0.410. The van der Waals surface area contributed by atoms with E-state index in [1.807, 2.05) is 26.0 Å². The van der Waals surface area contributed by atoms with Gasteiger partial charge < -0.3 is 9.26 Å². The van der Waals surface area contributed by atoms with Crippen LogP contribution >= 0.6 is 15.9 Å². The standard InChI is InChI=1S/C13H14BrNO2/c1-8-5-12(16-3)9(2)4-11(8)13-6-10(7-14)15-17-13/h4-6H,7H2,1-3H3. The quantitative estimate of drug-likeness (QED) is 0.807. The second-order valence-corrected chi connectivity index (χ2v) is 4.51. The molecule has 3 nitrogen and oxygen atoms in total. The van der Waals surface area contributed by atoms with Gasteiger partial charge in [-0.2, -0.15) is 0 Å². The summed E-state index contributed by atoms with van der Waals surface area (Å²) in [5.74, 6) is 1.69. The number of rotatable bonds is 3. The first kappa shape index (κ1) is 12.2. The first-order chi connectivity index (χ1) is 8.15. The molecule has 0 unspecified atom stereocenters. The number of alkyl halides is 1. The van der Waals surface area contributed by atoms with Crippen LogP contribution in [0.25, 0.3) is 11.3 Å². The van der Waals surface area contributed by atoms with Crippen molar-refractivity contribution in [3.63, 3.8) is 0 Å². The Bertz CT molecular complexity index is 534. The summed E-state index contributed by atoms with van der Waals surface area (Å²) in [5.41, 5.74) is 4.16. The van der Waals surface area contributed by atoms with Crippen molar-refractivity contribution in [3.8, 4) is 17.1 Å². The van der Waals surface area contributed by atoms with Crippen molar-refractivity contribution < 1.29 is 9.26 Å². The van der Waals surface area contributed by atoms with Gasteiger partial charge >= 0.3 is 0 Å². The van der Waals surface area contributed by atoms with Gasteiger partial charge in [-0.05, 0) is 37.1 Å². The van der Waals surface area contributed by atoms with Crippen LogP contribution in [0.1, 0.15) is 16.8 Å². The van der Waals surface area contributed by atoms with Crippen LogP contribution in [0.4, 0.5) is 0 Å². The topological polar surface area (TPSA) is 35.3 Å². The summed E-state index contributed by atoms with van der Waals surface area (Å²) in [6.45, 7) is 4.05. The largest absolute Gasteiger partial charge is 0.496 e. The van der Waals surface area contributed by atoms with Gasteiger partial charge in [0.15, 0.2) is 5.76 Å². The molecule has 1 aromatic heterocycles. The molecule has 0 aliphatic heterocycles. The number of ether oxygens (including phenoxy) is 1. The summed E-state index contributed by atoms with van der Waals surface area (Å²) in [6.07, 6.45) is 0. The van der Waals surface area contributed by atoms with E-state index >= 15 is 0 Å². The smallest absolute Gasteiger partial charge is 0.167 e. The maximum absolute atomic E-state index is 5.33. The maximum atomic E-state index is 5.33. The summed E-state index contributed by atoms with van der Waals surface area (Å²) in [5, 5.41) is 4.67. The van der Waals surface area contributed by atoms with Crippen LogP contribution in [0.2, 0.25) is 0 Å². The SMILES string of the molecule is COc1cc(C)c(-c2cc(CBr)no2)cc1C. The van der Waals surface area contributed by atoms with Crippen LogP contribution < -0.4 is 4.74 Å². The summed E-state index contributed by atoms with van der Waals surface area (Å²) < 4.78 is 10.6. The Morgan fingerprint density at radius 3 is 2.59 bits per heavy atom. The minimum Gasteiger partial charge on any atom is -0.496 e. The van der Waals surface area contributed by atoms with E-state index in [9.17, 15) is 0 Å². The van der Waals surface area contributed by atoms with E-state index < -0.39 is 0 Å². The second-order valence-electron chi connectivity index (χ2n) is 3.95. The lowest BCUT2D eigenvalue weighted by Gasteiger charge is -2.08. The summed E-state index contributed by atoms with van der Waals surface area (Å²) in [6, 6.07) is 6.02. The fraction of sp³-hybridized carbons (Fsp3) is 0.308. The maximum Gasteiger partial charge on any atom is 0.167 e. The van der Waals surface area contributed by atoms with Crippen LogP contribution in [-0.2, 0) is 5.33 Å². The molecule has 1 heterocycles. The minimum absolute atomic E-state index is 0.699. The molecule has 0 aliphatic rings. The first-order valence-electron chi connectivity index (χ1n) is 5.33. The van der Waals surface area contributed by atoms with Gasteiger partial charge in [-0.25, -0.2) is 0 Å². The molecule has 17 heavy (non-hydrogen) atoms. The molecular formula is C13H14BrNO2. The van der Waals surface area contributed by atoms with E-state index in [4.69, 9.17) is 9.26 Å². The Kier molecular flexibility index (Phi) is 3.52. The average Bonchev–Trinajstić information content (AvgIpc) is 2.80. The number of hydrogen-bond donors (Lipinski definition) is 0. The van der Waals surface area contributed by atoms with Crippen LogP contribution in [0.15, 0.2) is 22.7 Å². The van der Waals surface area contributed by atoms with Crippen LogP contribution in [0, 0.1) is 13.8 Å². The van der Waals surface area contributed by atoms with E-state index in [1.165, 1.54) is 0 Å². The lowest BCUT2D eigenvalue weighted by Crippen LogP contribution is -1.90. The van der Waals surface area contributed by atoms with E-state index in [0.717, 1.165) is 33.9 Å². The molecule has 0 amide bonds. The van der Waals surface area contributed by atoms with Gasteiger partial charge in [-0.3, -0.25) is 0 Å². The normalized spacial score (nSPS) is 10.6. The predicted octanol–water partition coefficient (Wildman–Crippen LogP) is 3.86. The number of aromatic nitrogens is 1. The highest BCUT2D eigenvalue weighted by molar-refractivity contribution is 9.08. The second kappa shape index (κ2) is 4.92. The van der Waals surface area contributed by atoms with Crippen molar-refractivity contribution in [1.82, 2.24) is 5.16 Å². The number of methoxy groups -OCH3 is 1. The van der Waals surface area contributed by atoms with E-state index in [-0.39, 0.29) is 0 Å². The van der Waals surface area contributed by atoms with Gasteiger partial charge in [0.25, 0.3) is 0 Å². The molecule has 2 rings (SSSR count). The molecule has 0 N–H and O–H groups in total. The fourth-order valence-corrected chi connectivity index (χ4v) is 2.04. The number of nitrogens with zero attached hydrogens (tertiary/aromatic N) is 1. The zero-order valence-electron chi connectivity index (χ0n) is 10.1.